The molecule has 0 radical (unpaired) electrons. The lowest BCUT2D eigenvalue weighted by atomic mass is 10.2. The fourth-order valence-corrected chi connectivity index (χ4v) is 6.46. The fourth-order valence-electron chi connectivity index (χ4n) is 3.53. The van der Waals surface area contributed by atoms with Crippen LogP contribution < -0.4 is 10.1 Å². The van der Waals surface area contributed by atoms with Gasteiger partial charge in [0.15, 0.2) is 11.7 Å². The van der Waals surface area contributed by atoms with Gasteiger partial charge in [-0.1, -0.05) is 29.4 Å². The number of fused-ring (bicyclic) bond motifs is 1. The molecule has 180 valence electrons. The number of carbonyl (C=O) groups excluding carboxylic acids is 2. The monoisotopic (exact) mass is 523 g/mol. The minimum Gasteiger partial charge on any atom is -0.497 e. The van der Waals surface area contributed by atoms with Crippen LogP contribution in [0.4, 0.5) is 5.13 Å². The lowest BCUT2D eigenvalue weighted by molar-refractivity contribution is -0.119. The van der Waals surface area contributed by atoms with Crippen molar-refractivity contribution in [1.29, 1.82) is 0 Å². The van der Waals surface area contributed by atoms with E-state index in [0.717, 1.165) is 24.0 Å². The summed E-state index contributed by atoms with van der Waals surface area (Å²) in [6.45, 7) is 0.257. The second kappa shape index (κ2) is 10.3. The van der Waals surface area contributed by atoms with Gasteiger partial charge in [0.2, 0.25) is 10.0 Å². The first-order chi connectivity index (χ1) is 16.3. The molecule has 0 bridgehead atoms. The molecule has 1 aliphatic heterocycles. The van der Waals surface area contributed by atoms with Gasteiger partial charge in [-0.05, 0) is 49.2 Å². The third-order valence-electron chi connectivity index (χ3n) is 5.28. The molecule has 12 heteroatoms. The molecule has 1 saturated heterocycles. The Hall–Kier alpha value is -2.73. The van der Waals surface area contributed by atoms with Crippen molar-refractivity contribution in [3.05, 3.63) is 47.0 Å². The van der Waals surface area contributed by atoms with E-state index in [2.05, 4.69) is 10.3 Å². The van der Waals surface area contributed by atoms with Gasteiger partial charge in [0.05, 0.1) is 27.9 Å². The Morgan fingerprint density at radius 2 is 1.91 bits per heavy atom. The zero-order chi connectivity index (χ0) is 24.3. The number of halogens is 1. The second-order valence-electron chi connectivity index (χ2n) is 7.59. The van der Waals surface area contributed by atoms with Crippen LogP contribution in [0.3, 0.4) is 0 Å². The van der Waals surface area contributed by atoms with E-state index in [1.54, 1.807) is 25.3 Å². The molecule has 0 spiro atoms. The maximum atomic E-state index is 13.0. The van der Waals surface area contributed by atoms with Crippen LogP contribution in [-0.4, -0.2) is 56.4 Å². The minimum atomic E-state index is -3.84. The number of amides is 1. The SMILES string of the molecule is COc1ccc2nc(NC(=O)COC(=O)c3ccc(Cl)c(S(=O)(=O)N4CCCCC4)c3)sc2c1. The van der Waals surface area contributed by atoms with E-state index in [0.29, 0.717) is 29.5 Å². The Bertz CT molecular complexity index is 1340. The van der Waals surface area contributed by atoms with Crippen LogP contribution in [0.2, 0.25) is 5.02 Å². The lowest BCUT2D eigenvalue weighted by Crippen LogP contribution is -2.35. The molecule has 1 N–H and O–H groups in total. The van der Waals surface area contributed by atoms with Gasteiger partial charge in [-0.3, -0.25) is 10.1 Å². The summed E-state index contributed by atoms with van der Waals surface area (Å²) in [5, 5.41) is 2.96. The van der Waals surface area contributed by atoms with Gasteiger partial charge in [0.1, 0.15) is 10.6 Å². The molecule has 0 aliphatic carbocycles. The summed E-state index contributed by atoms with van der Waals surface area (Å²) >= 11 is 7.40. The molecule has 0 unspecified atom stereocenters. The highest BCUT2D eigenvalue weighted by Crippen LogP contribution is 2.30. The first-order valence-corrected chi connectivity index (χ1v) is 13.1. The molecule has 2 aromatic carbocycles. The molecule has 1 aromatic heterocycles. The van der Waals surface area contributed by atoms with Crippen molar-refractivity contribution < 1.29 is 27.5 Å². The van der Waals surface area contributed by atoms with E-state index >= 15 is 0 Å². The van der Waals surface area contributed by atoms with Gasteiger partial charge in [-0.2, -0.15) is 4.31 Å². The summed E-state index contributed by atoms with van der Waals surface area (Å²) < 4.78 is 38.4. The molecule has 0 saturated carbocycles. The summed E-state index contributed by atoms with van der Waals surface area (Å²) in [4.78, 5) is 28.9. The zero-order valence-electron chi connectivity index (χ0n) is 18.2. The van der Waals surface area contributed by atoms with E-state index in [-0.39, 0.29) is 15.5 Å². The Balaban J connectivity index is 1.41. The van der Waals surface area contributed by atoms with Gasteiger partial charge >= 0.3 is 5.97 Å². The highest BCUT2D eigenvalue weighted by molar-refractivity contribution is 7.89. The number of piperidine rings is 1. The topological polar surface area (TPSA) is 115 Å². The third kappa shape index (κ3) is 5.33. The van der Waals surface area contributed by atoms with Gasteiger partial charge in [0.25, 0.3) is 5.91 Å². The van der Waals surface area contributed by atoms with E-state index in [9.17, 15) is 18.0 Å². The quantitative estimate of drug-likeness (QED) is 0.466. The third-order valence-corrected chi connectivity index (χ3v) is 8.59. The van der Waals surface area contributed by atoms with E-state index in [1.807, 2.05) is 0 Å². The van der Waals surface area contributed by atoms with Crippen molar-refractivity contribution in [2.75, 3.05) is 32.1 Å². The highest BCUT2D eigenvalue weighted by atomic mass is 35.5. The number of anilines is 1. The summed E-state index contributed by atoms with van der Waals surface area (Å²) in [6, 6.07) is 9.23. The number of hydrogen-bond donors (Lipinski definition) is 1. The van der Waals surface area contributed by atoms with E-state index in [1.165, 1.54) is 33.8 Å². The van der Waals surface area contributed by atoms with Gasteiger partial charge in [0, 0.05) is 13.1 Å². The fraction of sp³-hybridized carbons (Fsp3) is 0.318. The van der Waals surface area contributed by atoms with Crippen LogP contribution in [0.5, 0.6) is 5.75 Å². The average Bonchev–Trinajstić information content (AvgIpc) is 3.24. The number of benzene rings is 2. The van der Waals surface area contributed by atoms with E-state index in [4.69, 9.17) is 21.1 Å². The molecule has 34 heavy (non-hydrogen) atoms. The standard InChI is InChI=1S/C22H22ClN3O6S2/c1-31-15-6-8-17-18(12-15)33-22(24-17)25-20(27)13-32-21(28)14-5-7-16(23)19(11-14)34(29,30)26-9-3-2-4-10-26/h5-8,11-12H,2-4,9-10,13H2,1H3,(H,24,25,27). The van der Waals surface area contributed by atoms with Gasteiger partial charge < -0.3 is 9.47 Å². The predicted octanol–water partition coefficient (Wildman–Crippen LogP) is 3.93. The molecule has 4 rings (SSSR count). The van der Waals surface area contributed by atoms with Gasteiger partial charge in [-0.25, -0.2) is 18.2 Å². The van der Waals surface area contributed by atoms with Crippen LogP contribution in [-0.2, 0) is 19.6 Å². The number of aromatic nitrogens is 1. The van der Waals surface area contributed by atoms with Crippen molar-refractivity contribution in [3.8, 4) is 5.75 Å². The molecular weight excluding hydrogens is 502 g/mol. The molecule has 1 amide bonds. The average molecular weight is 524 g/mol. The number of nitrogens with one attached hydrogen (secondary N) is 1. The van der Waals surface area contributed by atoms with Crippen molar-refractivity contribution >= 4 is 60.2 Å². The summed E-state index contributed by atoms with van der Waals surface area (Å²) in [5.41, 5.74) is 0.682. The molecule has 1 aliphatic rings. The van der Waals surface area contributed by atoms with E-state index < -0.39 is 28.5 Å². The van der Waals surface area contributed by atoms with Crippen LogP contribution in [0.25, 0.3) is 10.2 Å². The number of hydrogen-bond acceptors (Lipinski definition) is 8. The molecule has 3 aromatic rings. The smallest absolute Gasteiger partial charge is 0.338 e. The number of carbonyl (C=O) groups is 2. The number of sulfonamides is 1. The molecule has 9 nitrogen and oxygen atoms in total. The molecule has 0 atom stereocenters. The number of rotatable bonds is 7. The van der Waals surface area contributed by atoms with Crippen molar-refractivity contribution in [2.24, 2.45) is 0 Å². The Morgan fingerprint density at radius 3 is 2.65 bits per heavy atom. The van der Waals surface area contributed by atoms with Crippen molar-refractivity contribution in [2.45, 2.75) is 24.2 Å². The largest absolute Gasteiger partial charge is 0.497 e. The Morgan fingerprint density at radius 1 is 1.15 bits per heavy atom. The van der Waals surface area contributed by atoms with Crippen molar-refractivity contribution in [3.63, 3.8) is 0 Å². The molecule has 1 fully saturated rings. The first kappa shape index (κ1) is 24.4. The number of esters is 1. The lowest BCUT2D eigenvalue weighted by Gasteiger charge is -2.26. The Kier molecular flexibility index (Phi) is 7.36. The maximum absolute atomic E-state index is 13.0. The van der Waals surface area contributed by atoms with Crippen LogP contribution in [0.15, 0.2) is 41.3 Å². The number of ether oxygens (including phenoxy) is 2. The normalized spacial score (nSPS) is 14.6. The van der Waals surface area contributed by atoms with Crippen LogP contribution in [0, 0.1) is 0 Å². The predicted molar refractivity (Wildman–Crippen MR) is 129 cm³/mol. The number of thiazole rings is 1. The summed E-state index contributed by atoms with van der Waals surface area (Å²) in [5.74, 6) is -0.738. The summed E-state index contributed by atoms with van der Waals surface area (Å²) in [7, 11) is -2.28. The van der Waals surface area contributed by atoms with Crippen molar-refractivity contribution in [1.82, 2.24) is 9.29 Å². The number of methoxy groups -OCH3 is 1. The highest BCUT2D eigenvalue weighted by Gasteiger charge is 2.29. The molecular formula is C22H22ClN3O6S2. The zero-order valence-corrected chi connectivity index (χ0v) is 20.6. The summed E-state index contributed by atoms with van der Waals surface area (Å²) in [6.07, 6.45) is 2.52. The first-order valence-electron chi connectivity index (χ1n) is 10.5. The van der Waals surface area contributed by atoms with Crippen LogP contribution >= 0.6 is 22.9 Å². The maximum Gasteiger partial charge on any atom is 0.338 e. The molecule has 2 heterocycles. The Labute approximate surface area is 205 Å². The van der Waals surface area contributed by atoms with Crippen LogP contribution in [0.1, 0.15) is 29.6 Å². The van der Waals surface area contributed by atoms with Gasteiger partial charge in [-0.15, -0.1) is 0 Å². The number of nitrogens with zero attached hydrogens (tertiary/aromatic N) is 2. The minimum absolute atomic E-state index is 0.0140. The second-order valence-corrected chi connectivity index (χ2v) is 10.9.